The van der Waals surface area contributed by atoms with Gasteiger partial charge in [-0.15, -0.1) is 0 Å². The van der Waals surface area contributed by atoms with Crippen molar-refractivity contribution >= 4 is 24.1 Å². The van der Waals surface area contributed by atoms with Crippen LogP contribution in [-0.4, -0.2) is 58.4 Å². The van der Waals surface area contributed by atoms with Crippen molar-refractivity contribution in [2.75, 3.05) is 13.1 Å². The molecule has 2 N–H and O–H groups in total. The molecule has 8 heteroatoms. The van der Waals surface area contributed by atoms with E-state index in [9.17, 15) is 24.4 Å². The van der Waals surface area contributed by atoms with Crippen LogP contribution in [-0.2, 0) is 19.2 Å². The van der Waals surface area contributed by atoms with E-state index in [-0.39, 0.29) is 24.3 Å². The Kier molecular flexibility index (Phi) is 8.87. The number of likely N-dealkylation sites (tertiary alicyclic amines) is 1. The Morgan fingerprint density at radius 3 is 2.23 bits per heavy atom. The summed E-state index contributed by atoms with van der Waals surface area (Å²) in [5.41, 5.74) is 0. The van der Waals surface area contributed by atoms with Gasteiger partial charge in [-0.05, 0) is 38.0 Å². The second kappa shape index (κ2) is 11.6. The van der Waals surface area contributed by atoms with Gasteiger partial charge in [-0.1, -0.05) is 51.4 Å². The lowest BCUT2D eigenvalue weighted by atomic mass is 9.82. The minimum Gasteiger partial charge on any atom is -0.330 e. The van der Waals surface area contributed by atoms with E-state index in [0.717, 1.165) is 57.8 Å². The van der Waals surface area contributed by atoms with Crippen LogP contribution in [0.1, 0.15) is 83.5 Å². The highest BCUT2D eigenvalue weighted by atomic mass is 16.5. The van der Waals surface area contributed by atoms with Crippen LogP contribution in [0.2, 0.25) is 0 Å². The van der Waals surface area contributed by atoms with Crippen LogP contribution in [0.4, 0.5) is 0 Å². The first-order valence-corrected chi connectivity index (χ1v) is 12.1. The van der Waals surface area contributed by atoms with Crippen molar-refractivity contribution in [2.24, 2.45) is 17.8 Å². The standard InChI is InChI=1S/C23H37N3O5/c27-16-25(31)15-19(14-17-8-3-1-4-9-17)23(30)26-13-7-12-20(26)22(29)24-21(28)18-10-5-2-6-11-18/h16-20,31H,1-15H2,(H,24,28,29). The fraction of sp³-hybridized carbons (Fsp3) is 0.826. The summed E-state index contributed by atoms with van der Waals surface area (Å²) in [6.45, 7) is 0.396. The summed E-state index contributed by atoms with van der Waals surface area (Å²) >= 11 is 0. The van der Waals surface area contributed by atoms with Crippen LogP contribution >= 0.6 is 0 Å². The number of carbonyl (C=O) groups is 4. The highest BCUT2D eigenvalue weighted by Gasteiger charge is 2.39. The van der Waals surface area contributed by atoms with Gasteiger partial charge < -0.3 is 4.90 Å². The van der Waals surface area contributed by atoms with Crippen LogP contribution in [0.5, 0.6) is 0 Å². The number of hydroxylamine groups is 2. The Hall–Kier alpha value is -1.96. The average Bonchev–Trinajstić information content (AvgIpc) is 3.29. The van der Waals surface area contributed by atoms with Crippen LogP contribution in [0.15, 0.2) is 0 Å². The molecule has 31 heavy (non-hydrogen) atoms. The molecule has 2 unspecified atom stereocenters. The number of nitrogens with one attached hydrogen (secondary N) is 1. The van der Waals surface area contributed by atoms with E-state index in [1.807, 2.05) is 0 Å². The molecule has 0 spiro atoms. The number of hydrogen-bond acceptors (Lipinski definition) is 5. The predicted molar refractivity (Wildman–Crippen MR) is 114 cm³/mol. The van der Waals surface area contributed by atoms with E-state index in [1.165, 1.54) is 6.42 Å². The van der Waals surface area contributed by atoms with Gasteiger partial charge in [0, 0.05) is 12.5 Å². The number of nitrogens with zero attached hydrogens (tertiary/aromatic N) is 2. The van der Waals surface area contributed by atoms with Gasteiger partial charge in [-0.2, -0.15) is 0 Å². The van der Waals surface area contributed by atoms with Crippen molar-refractivity contribution in [3.63, 3.8) is 0 Å². The van der Waals surface area contributed by atoms with Gasteiger partial charge in [0.1, 0.15) is 6.04 Å². The molecule has 1 aliphatic heterocycles. The number of hydrogen-bond donors (Lipinski definition) is 2. The molecule has 0 bridgehead atoms. The van der Waals surface area contributed by atoms with Crippen LogP contribution < -0.4 is 5.32 Å². The quantitative estimate of drug-likeness (QED) is 0.264. The van der Waals surface area contributed by atoms with Gasteiger partial charge >= 0.3 is 0 Å². The second-order valence-electron chi connectivity index (χ2n) is 9.54. The van der Waals surface area contributed by atoms with Gasteiger partial charge in [0.2, 0.25) is 24.1 Å². The van der Waals surface area contributed by atoms with Crippen molar-refractivity contribution in [2.45, 2.75) is 89.5 Å². The van der Waals surface area contributed by atoms with E-state index >= 15 is 0 Å². The van der Waals surface area contributed by atoms with Gasteiger partial charge in [-0.3, -0.25) is 29.7 Å². The molecule has 4 amide bonds. The number of imide groups is 1. The first-order valence-electron chi connectivity index (χ1n) is 12.1. The van der Waals surface area contributed by atoms with Gasteiger partial charge in [-0.25, -0.2) is 5.06 Å². The Balaban J connectivity index is 1.63. The van der Waals surface area contributed by atoms with E-state index in [2.05, 4.69) is 5.32 Å². The smallest absolute Gasteiger partial charge is 0.249 e. The molecule has 2 aliphatic carbocycles. The maximum Gasteiger partial charge on any atom is 0.249 e. The summed E-state index contributed by atoms with van der Waals surface area (Å²) in [6, 6.07) is -0.655. The van der Waals surface area contributed by atoms with Crippen LogP contribution in [0.25, 0.3) is 0 Å². The van der Waals surface area contributed by atoms with Crippen molar-refractivity contribution in [1.29, 1.82) is 0 Å². The van der Waals surface area contributed by atoms with Crippen LogP contribution in [0.3, 0.4) is 0 Å². The molecular formula is C23H37N3O5. The van der Waals surface area contributed by atoms with Gasteiger partial charge in [0.05, 0.1) is 12.5 Å². The van der Waals surface area contributed by atoms with Crippen molar-refractivity contribution in [3.05, 3.63) is 0 Å². The lowest BCUT2D eigenvalue weighted by Crippen LogP contribution is -2.51. The molecule has 2 atom stereocenters. The highest BCUT2D eigenvalue weighted by molar-refractivity contribution is 6.00. The zero-order valence-corrected chi connectivity index (χ0v) is 18.5. The number of rotatable bonds is 8. The summed E-state index contributed by atoms with van der Waals surface area (Å²) < 4.78 is 0. The second-order valence-corrected chi connectivity index (χ2v) is 9.54. The molecule has 3 aliphatic rings. The zero-order chi connectivity index (χ0) is 22.2. The third-order valence-electron chi connectivity index (χ3n) is 7.28. The summed E-state index contributed by atoms with van der Waals surface area (Å²) in [5, 5.41) is 12.9. The predicted octanol–water partition coefficient (Wildman–Crippen LogP) is 2.63. The topological polar surface area (TPSA) is 107 Å². The highest BCUT2D eigenvalue weighted by Crippen LogP contribution is 2.31. The molecule has 2 saturated carbocycles. The molecule has 8 nitrogen and oxygen atoms in total. The molecule has 174 valence electrons. The molecule has 3 rings (SSSR count). The largest absolute Gasteiger partial charge is 0.330 e. The maximum atomic E-state index is 13.4. The Bertz CT molecular complexity index is 643. The van der Waals surface area contributed by atoms with Crippen molar-refractivity contribution < 1.29 is 24.4 Å². The van der Waals surface area contributed by atoms with E-state index in [1.54, 1.807) is 4.90 Å². The summed E-state index contributed by atoms with van der Waals surface area (Å²) in [7, 11) is 0. The summed E-state index contributed by atoms with van der Waals surface area (Å²) in [6.07, 6.45) is 12.5. The molecular weight excluding hydrogens is 398 g/mol. The minimum atomic E-state index is -0.655. The Labute approximate surface area is 184 Å². The van der Waals surface area contributed by atoms with E-state index < -0.39 is 17.9 Å². The number of carbonyl (C=O) groups excluding carboxylic acids is 4. The molecule has 0 aromatic carbocycles. The summed E-state index contributed by atoms with van der Waals surface area (Å²) in [4.78, 5) is 51.3. The first-order chi connectivity index (χ1) is 15.0. The van der Waals surface area contributed by atoms with E-state index in [4.69, 9.17) is 0 Å². The van der Waals surface area contributed by atoms with Gasteiger partial charge in [0.25, 0.3) is 0 Å². The fourth-order valence-electron chi connectivity index (χ4n) is 5.56. The Morgan fingerprint density at radius 2 is 1.58 bits per heavy atom. The SMILES string of the molecule is O=CN(O)CC(CC1CCCCC1)C(=O)N1CCCC1C(=O)NC(=O)C1CCCCC1. The van der Waals surface area contributed by atoms with E-state index in [0.29, 0.717) is 43.2 Å². The molecule has 0 radical (unpaired) electrons. The fourth-order valence-corrected chi connectivity index (χ4v) is 5.56. The summed E-state index contributed by atoms with van der Waals surface area (Å²) in [5.74, 6) is -1.07. The lowest BCUT2D eigenvalue weighted by Gasteiger charge is -2.32. The minimum absolute atomic E-state index is 0.0648. The molecule has 3 fully saturated rings. The van der Waals surface area contributed by atoms with Crippen molar-refractivity contribution in [3.8, 4) is 0 Å². The van der Waals surface area contributed by atoms with Crippen LogP contribution in [0, 0.1) is 17.8 Å². The van der Waals surface area contributed by atoms with Gasteiger partial charge in [0.15, 0.2) is 0 Å². The monoisotopic (exact) mass is 435 g/mol. The first kappa shape index (κ1) is 23.7. The van der Waals surface area contributed by atoms with Crippen molar-refractivity contribution in [1.82, 2.24) is 15.3 Å². The average molecular weight is 436 g/mol. The normalized spacial score (nSPS) is 23.9. The molecule has 1 heterocycles. The zero-order valence-electron chi connectivity index (χ0n) is 18.5. The Morgan fingerprint density at radius 1 is 0.935 bits per heavy atom. The maximum absolute atomic E-state index is 13.4. The third-order valence-corrected chi connectivity index (χ3v) is 7.28. The molecule has 0 aromatic rings. The lowest BCUT2D eigenvalue weighted by molar-refractivity contribution is -0.158. The third kappa shape index (κ3) is 6.51. The molecule has 0 aromatic heterocycles. The number of amides is 4. The molecule has 1 saturated heterocycles.